The number of hydrogen-bond donors (Lipinski definition) is 0. The second-order valence-electron chi connectivity index (χ2n) is 17.1. The van der Waals surface area contributed by atoms with Gasteiger partial charge in [-0.1, -0.05) is 156 Å². The predicted octanol–water partition coefficient (Wildman–Crippen LogP) is 14.4. The van der Waals surface area contributed by atoms with E-state index in [0.29, 0.717) is 12.8 Å². The van der Waals surface area contributed by atoms with Gasteiger partial charge < -0.3 is 18.9 Å². The van der Waals surface area contributed by atoms with Crippen molar-refractivity contribution in [3.8, 4) is 0 Å². The highest BCUT2D eigenvalue weighted by Gasteiger charge is 2.15. The molecular formula is C49H93N3O4. The summed E-state index contributed by atoms with van der Waals surface area (Å²) in [5.41, 5.74) is 0. The van der Waals surface area contributed by atoms with Gasteiger partial charge in [-0.2, -0.15) is 0 Å². The summed E-state index contributed by atoms with van der Waals surface area (Å²) < 4.78 is 13.9. The number of aromatic nitrogens is 2. The Morgan fingerprint density at radius 1 is 0.518 bits per heavy atom. The van der Waals surface area contributed by atoms with Gasteiger partial charge in [-0.15, -0.1) is 0 Å². The molecule has 0 N–H and O–H groups in total. The molecule has 0 amide bonds. The van der Waals surface area contributed by atoms with E-state index in [-0.39, 0.29) is 24.1 Å². The minimum absolute atomic E-state index is 0.0151. The second-order valence-corrected chi connectivity index (χ2v) is 17.1. The van der Waals surface area contributed by atoms with Crippen LogP contribution in [0.4, 0.5) is 0 Å². The standard InChI is InChI=1S/C49H93N3O4/c1-5-8-11-14-19-26-34-46(4)55-48(53)37-29-22-17-24-31-40-51(42-33-43-52-44-39-50-45-52)41-32-25-18-23-30-38-49(54)56-47(35-27-20-15-12-9-6-2)36-28-21-16-13-10-7-3/h39,44-47H,5-38,40-43H2,1-4H3. The molecule has 0 bridgehead atoms. The Morgan fingerprint density at radius 3 is 1.41 bits per heavy atom. The monoisotopic (exact) mass is 788 g/mol. The Morgan fingerprint density at radius 2 is 0.929 bits per heavy atom. The maximum Gasteiger partial charge on any atom is 0.306 e. The van der Waals surface area contributed by atoms with Crippen LogP contribution in [-0.4, -0.2) is 58.2 Å². The van der Waals surface area contributed by atoms with Crippen LogP contribution < -0.4 is 0 Å². The van der Waals surface area contributed by atoms with Gasteiger partial charge in [0.1, 0.15) is 6.10 Å². The summed E-state index contributed by atoms with van der Waals surface area (Å²) in [4.78, 5) is 32.0. The molecule has 1 rings (SSSR count). The maximum atomic E-state index is 12.8. The average molecular weight is 788 g/mol. The minimum Gasteiger partial charge on any atom is -0.463 e. The molecule has 56 heavy (non-hydrogen) atoms. The molecule has 0 saturated heterocycles. The third-order valence-corrected chi connectivity index (χ3v) is 11.5. The van der Waals surface area contributed by atoms with Crippen LogP contribution in [0.5, 0.6) is 0 Å². The van der Waals surface area contributed by atoms with Gasteiger partial charge in [0, 0.05) is 31.8 Å². The van der Waals surface area contributed by atoms with E-state index in [1.165, 1.54) is 148 Å². The fourth-order valence-corrected chi connectivity index (χ4v) is 7.87. The molecule has 0 radical (unpaired) electrons. The lowest BCUT2D eigenvalue weighted by atomic mass is 10.0. The molecule has 0 spiro atoms. The van der Waals surface area contributed by atoms with E-state index >= 15 is 0 Å². The summed E-state index contributed by atoms with van der Waals surface area (Å²) >= 11 is 0. The van der Waals surface area contributed by atoms with Crippen LogP contribution in [0, 0.1) is 0 Å². The second kappa shape index (κ2) is 39.9. The summed E-state index contributed by atoms with van der Waals surface area (Å²) in [5, 5.41) is 0. The first kappa shape index (κ1) is 52.1. The topological polar surface area (TPSA) is 73.7 Å². The molecule has 0 aliphatic heterocycles. The molecule has 328 valence electrons. The van der Waals surface area contributed by atoms with E-state index < -0.39 is 0 Å². The first-order valence-electron chi connectivity index (χ1n) is 24.5. The molecule has 0 aromatic carbocycles. The van der Waals surface area contributed by atoms with Crippen molar-refractivity contribution in [1.82, 2.24) is 14.5 Å². The number of rotatable bonds is 43. The van der Waals surface area contributed by atoms with Crippen molar-refractivity contribution in [1.29, 1.82) is 0 Å². The third-order valence-electron chi connectivity index (χ3n) is 11.5. The fourth-order valence-electron chi connectivity index (χ4n) is 7.87. The number of hydrogen-bond acceptors (Lipinski definition) is 6. The Bertz CT molecular complexity index is 955. The fraction of sp³-hybridized carbons (Fsp3) is 0.898. The molecule has 7 heteroatoms. The van der Waals surface area contributed by atoms with Crippen LogP contribution in [0.3, 0.4) is 0 Å². The van der Waals surface area contributed by atoms with Crippen molar-refractivity contribution >= 4 is 11.9 Å². The van der Waals surface area contributed by atoms with Crippen molar-refractivity contribution in [3.63, 3.8) is 0 Å². The molecule has 1 aromatic heterocycles. The van der Waals surface area contributed by atoms with Crippen LogP contribution >= 0.6 is 0 Å². The van der Waals surface area contributed by atoms with Crippen LogP contribution in [0.15, 0.2) is 18.7 Å². The summed E-state index contributed by atoms with van der Waals surface area (Å²) in [7, 11) is 0. The molecule has 1 heterocycles. The summed E-state index contributed by atoms with van der Waals surface area (Å²) in [6, 6.07) is 0. The number of esters is 2. The molecular weight excluding hydrogens is 695 g/mol. The van der Waals surface area contributed by atoms with E-state index in [1.54, 1.807) is 0 Å². The van der Waals surface area contributed by atoms with Gasteiger partial charge >= 0.3 is 11.9 Å². The number of aryl methyl sites for hydroxylation is 1. The van der Waals surface area contributed by atoms with Crippen molar-refractivity contribution in [3.05, 3.63) is 18.7 Å². The largest absolute Gasteiger partial charge is 0.463 e. The number of carbonyl (C=O) groups is 2. The number of unbranched alkanes of at least 4 members (excludes halogenated alkanes) is 23. The molecule has 0 aliphatic rings. The minimum atomic E-state index is -0.0151. The number of carbonyl (C=O) groups excluding carboxylic acids is 2. The molecule has 0 aliphatic carbocycles. The van der Waals surface area contributed by atoms with Gasteiger partial charge in [0.15, 0.2) is 0 Å². The first-order valence-corrected chi connectivity index (χ1v) is 24.5. The Balaban J connectivity index is 2.27. The van der Waals surface area contributed by atoms with Crippen molar-refractivity contribution < 1.29 is 19.1 Å². The SMILES string of the molecule is CCCCCCCCC(C)OC(=O)CCCCCCCN(CCCCCCCC(=O)OC(CCCCCCCC)CCCCCCCC)CCCn1ccnc1. The number of imidazole rings is 1. The van der Waals surface area contributed by atoms with Crippen molar-refractivity contribution in [2.75, 3.05) is 19.6 Å². The molecule has 1 unspecified atom stereocenters. The van der Waals surface area contributed by atoms with Crippen LogP contribution in [0.1, 0.15) is 246 Å². The van der Waals surface area contributed by atoms with E-state index in [9.17, 15) is 9.59 Å². The van der Waals surface area contributed by atoms with Crippen LogP contribution in [0.2, 0.25) is 0 Å². The third kappa shape index (κ3) is 34.2. The van der Waals surface area contributed by atoms with E-state index in [0.717, 1.165) is 84.0 Å². The highest BCUT2D eigenvalue weighted by atomic mass is 16.5. The lowest BCUT2D eigenvalue weighted by molar-refractivity contribution is -0.150. The average Bonchev–Trinajstić information content (AvgIpc) is 3.71. The van der Waals surface area contributed by atoms with E-state index in [4.69, 9.17) is 9.47 Å². The van der Waals surface area contributed by atoms with Gasteiger partial charge in [-0.05, 0) is 97.2 Å². The smallest absolute Gasteiger partial charge is 0.306 e. The zero-order valence-corrected chi connectivity index (χ0v) is 37.7. The Hall–Kier alpha value is -1.89. The highest BCUT2D eigenvalue weighted by Crippen LogP contribution is 2.19. The zero-order valence-electron chi connectivity index (χ0n) is 37.7. The number of nitrogens with zero attached hydrogens (tertiary/aromatic N) is 3. The van der Waals surface area contributed by atoms with Gasteiger partial charge in [0.05, 0.1) is 12.4 Å². The Labute approximate surface area is 347 Å². The molecule has 0 saturated carbocycles. The molecule has 7 nitrogen and oxygen atoms in total. The van der Waals surface area contributed by atoms with Gasteiger partial charge in [0.2, 0.25) is 0 Å². The Kier molecular flexibility index (Phi) is 37.2. The maximum absolute atomic E-state index is 12.8. The summed E-state index contributed by atoms with van der Waals surface area (Å²) in [6.45, 7) is 13.3. The summed E-state index contributed by atoms with van der Waals surface area (Å²) in [6.07, 6.45) is 45.8. The molecule has 0 fully saturated rings. The highest BCUT2D eigenvalue weighted by molar-refractivity contribution is 5.69. The molecule has 1 aromatic rings. The first-order chi connectivity index (χ1) is 27.5. The quantitative estimate of drug-likeness (QED) is 0.0485. The van der Waals surface area contributed by atoms with E-state index in [2.05, 4.69) is 41.4 Å². The summed E-state index contributed by atoms with van der Waals surface area (Å²) in [5.74, 6) is 0.0168. The van der Waals surface area contributed by atoms with Crippen molar-refractivity contribution in [2.24, 2.45) is 0 Å². The zero-order chi connectivity index (χ0) is 40.6. The molecule has 1 atom stereocenters. The number of ether oxygens (including phenoxy) is 2. The van der Waals surface area contributed by atoms with Gasteiger partial charge in [0.25, 0.3) is 0 Å². The lowest BCUT2D eigenvalue weighted by Crippen LogP contribution is -2.28. The van der Waals surface area contributed by atoms with Crippen LogP contribution in [0.25, 0.3) is 0 Å². The van der Waals surface area contributed by atoms with Crippen molar-refractivity contribution in [2.45, 2.75) is 265 Å². The van der Waals surface area contributed by atoms with Gasteiger partial charge in [-0.25, -0.2) is 4.98 Å². The van der Waals surface area contributed by atoms with E-state index in [1.807, 2.05) is 19.4 Å². The normalized spacial score (nSPS) is 12.2. The van der Waals surface area contributed by atoms with Gasteiger partial charge in [-0.3, -0.25) is 9.59 Å². The predicted molar refractivity (Wildman–Crippen MR) is 238 cm³/mol. The lowest BCUT2D eigenvalue weighted by Gasteiger charge is -2.22. The van der Waals surface area contributed by atoms with Crippen LogP contribution in [-0.2, 0) is 25.6 Å².